The van der Waals surface area contributed by atoms with Crippen molar-refractivity contribution < 1.29 is 14.0 Å². The number of alkyl halides is 1. The number of carbonyl (C=O) groups is 2. The predicted molar refractivity (Wildman–Crippen MR) is 84.9 cm³/mol. The summed E-state index contributed by atoms with van der Waals surface area (Å²) in [7, 11) is 0. The first-order valence-corrected chi connectivity index (χ1v) is 8.04. The second kappa shape index (κ2) is 6.97. The van der Waals surface area contributed by atoms with Gasteiger partial charge in [-0.2, -0.15) is 5.26 Å². The van der Waals surface area contributed by atoms with Gasteiger partial charge in [0.05, 0.1) is 24.2 Å². The topological polar surface area (TPSA) is 85.2 Å². The lowest BCUT2D eigenvalue weighted by molar-refractivity contribution is -0.132. The van der Waals surface area contributed by atoms with Gasteiger partial charge in [0, 0.05) is 24.7 Å². The average molecular weight is 330 g/mol. The van der Waals surface area contributed by atoms with Crippen molar-refractivity contribution in [3.05, 3.63) is 35.4 Å². The van der Waals surface area contributed by atoms with Gasteiger partial charge in [-0.1, -0.05) is 0 Å². The van der Waals surface area contributed by atoms with E-state index in [9.17, 15) is 14.0 Å². The number of nitrogens with zero attached hydrogens (tertiary/aromatic N) is 2. The van der Waals surface area contributed by atoms with Gasteiger partial charge in [0.25, 0.3) is 5.91 Å². The Hall–Kier alpha value is -2.46. The fourth-order valence-corrected chi connectivity index (χ4v) is 3.14. The number of hydrogen-bond donors (Lipinski definition) is 2. The van der Waals surface area contributed by atoms with Crippen molar-refractivity contribution >= 4 is 11.8 Å². The molecule has 0 aliphatic carbocycles. The van der Waals surface area contributed by atoms with Crippen LogP contribution < -0.4 is 10.6 Å². The molecule has 3 rings (SSSR count). The summed E-state index contributed by atoms with van der Waals surface area (Å²) in [5.41, 5.74) is 0.972. The summed E-state index contributed by atoms with van der Waals surface area (Å²) in [4.78, 5) is 26.1. The third kappa shape index (κ3) is 3.54. The lowest BCUT2D eigenvalue weighted by Gasteiger charge is -2.20. The van der Waals surface area contributed by atoms with Crippen LogP contribution in [0.3, 0.4) is 0 Å². The monoisotopic (exact) mass is 330 g/mol. The fourth-order valence-electron chi connectivity index (χ4n) is 3.14. The smallest absolute Gasteiger partial charge is 0.251 e. The van der Waals surface area contributed by atoms with Crippen LogP contribution in [0.2, 0.25) is 0 Å². The zero-order valence-electron chi connectivity index (χ0n) is 13.2. The molecule has 6 nitrogen and oxygen atoms in total. The molecule has 2 heterocycles. The predicted octanol–water partition coefficient (Wildman–Crippen LogP) is 0.589. The first-order valence-electron chi connectivity index (χ1n) is 8.04. The van der Waals surface area contributed by atoms with Gasteiger partial charge in [-0.15, -0.1) is 0 Å². The summed E-state index contributed by atoms with van der Waals surface area (Å²) in [5.74, 6) is -0.324. The molecule has 2 fully saturated rings. The Balaban J connectivity index is 1.53. The third-order valence-corrected chi connectivity index (χ3v) is 4.48. The van der Waals surface area contributed by atoms with Crippen molar-refractivity contribution in [2.24, 2.45) is 0 Å². The Morgan fingerprint density at radius 1 is 1.33 bits per heavy atom. The van der Waals surface area contributed by atoms with Crippen LogP contribution in [0.4, 0.5) is 4.39 Å². The number of nitriles is 1. The summed E-state index contributed by atoms with van der Waals surface area (Å²) >= 11 is 0. The molecule has 0 bridgehead atoms. The molecular formula is C17H19FN4O2. The molecule has 1 unspecified atom stereocenters. The summed E-state index contributed by atoms with van der Waals surface area (Å²) in [6, 6.07) is 7.87. The van der Waals surface area contributed by atoms with E-state index < -0.39 is 6.17 Å². The Bertz CT molecular complexity index is 670. The standard InChI is InChI=1S/C17H19FN4O2/c18-13-5-6-22(10-13)17(24)15-7-14(9-20-15)21-16(23)12-3-1-11(8-19)2-4-12/h1-4,13-15,20H,5-7,9-10H2,(H,21,23)/t13?,14-,15-/m0/s1. The van der Waals surface area contributed by atoms with Crippen molar-refractivity contribution in [3.8, 4) is 6.07 Å². The number of carbonyl (C=O) groups excluding carboxylic acids is 2. The number of likely N-dealkylation sites (tertiary alicyclic amines) is 1. The molecule has 3 atom stereocenters. The Morgan fingerprint density at radius 3 is 2.71 bits per heavy atom. The summed E-state index contributed by atoms with van der Waals surface area (Å²) < 4.78 is 13.2. The molecule has 0 radical (unpaired) electrons. The van der Waals surface area contributed by atoms with Crippen LogP contribution in [0.25, 0.3) is 0 Å². The highest BCUT2D eigenvalue weighted by atomic mass is 19.1. The van der Waals surface area contributed by atoms with Crippen LogP contribution in [0, 0.1) is 11.3 Å². The van der Waals surface area contributed by atoms with Gasteiger partial charge in [0.2, 0.25) is 5.91 Å². The highest BCUT2D eigenvalue weighted by molar-refractivity contribution is 5.94. The van der Waals surface area contributed by atoms with E-state index >= 15 is 0 Å². The van der Waals surface area contributed by atoms with Crippen LogP contribution in [-0.2, 0) is 4.79 Å². The summed E-state index contributed by atoms with van der Waals surface area (Å²) in [5, 5.41) is 14.8. The van der Waals surface area contributed by atoms with Crippen LogP contribution in [0.15, 0.2) is 24.3 Å². The van der Waals surface area contributed by atoms with E-state index in [1.807, 2.05) is 6.07 Å². The van der Waals surface area contributed by atoms with Crippen molar-refractivity contribution in [3.63, 3.8) is 0 Å². The molecule has 126 valence electrons. The van der Waals surface area contributed by atoms with Gasteiger partial charge in [0.1, 0.15) is 6.17 Å². The maximum absolute atomic E-state index is 13.2. The lowest BCUT2D eigenvalue weighted by atomic mass is 10.1. The molecular weight excluding hydrogens is 311 g/mol. The molecule has 2 N–H and O–H groups in total. The van der Waals surface area contributed by atoms with Crippen LogP contribution >= 0.6 is 0 Å². The quantitative estimate of drug-likeness (QED) is 0.849. The highest BCUT2D eigenvalue weighted by Gasteiger charge is 2.35. The average Bonchev–Trinajstić information content (AvgIpc) is 3.23. The second-order valence-electron chi connectivity index (χ2n) is 6.23. The molecule has 0 aromatic heterocycles. The molecule has 24 heavy (non-hydrogen) atoms. The lowest BCUT2D eigenvalue weighted by Crippen LogP contribution is -2.42. The van der Waals surface area contributed by atoms with Gasteiger partial charge in [-0.05, 0) is 37.1 Å². The second-order valence-corrected chi connectivity index (χ2v) is 6.23. The van der Waals surface area contributed by atoms with Crippen LogP contribution in [0.5, 0.6) is 0 Å². The van der Waals surface area contributed by atoms with E-state index in [0.717, 1.165) is 0 Å². The minimum Gasteiger partial charge on any atom is -0.348 e. The first-order chi connectivity index (χ1) is 11.6. The maximum Gasteiger partial charge on any atom is 0.251 e. The highest BCUT2D eigenvalue weighted by Crippen LogP contribution is 2.17. The zero-order valence-corrected chi connectivity index (χ0v) is 13.2. The normalized spacial score (nSPS) is 26.2. The zero-order chi connectivity index (χ0) is 17.1. The Labute approximate surface area is 139 Å². The van der Waals surface area contributed by atoms with E-state index in [-0.39, 0.29) is 30.4 Å². The largest absolute Gasteiger partial charge is 0.348 e. The molecule has 2 aliphatic heterocycles. The van der Waals surface area contributed by atoms with Gasteiger partial charge in [-0.3, -0.25) is 9.59 Å². The van der Waals surface area contributed by atoms with E-state index in [2.05, 4.69) is 10.6 Å². The Kier molecular flexibility index (Phi) is 4.76. The van der Waals surface area contributed by atoms with E-state index in [1.165, 1.54) is 0 Å². The number of nitrogens with one attached hydrogen (secondary N) is 2. The van der Waals surface area contributed by atoms with Gasteiger partial charge < -0.3 is 15.5 Å². The Morgan fingerprint density at radius 2 is 2.08 bits per heavy atom. The van der Waals surface area contributed by atoms with E-state index in [1.54, 1.807) is 29.2 Å². The van der Waals surface area contributed by atoms with Crippen molar-refractivity contribution in [2.75, 3.05) is 19.6 Å². The summed E-state index contributed by atoms with van der Waals surface area (Å²) in [6.07, 6.45) is -0.0340. The SMILES string of the molecule is N#Cc1ccc(C(=O)N[C@@H]2CN[C@H](C(=O)N3CCC(F)C3)C2)cc1. The molecule has 0 saturated carbocycles. The van der Waals surface area contributed by atoms with Crippen molar-refractivity contribution in [2.45, 2.75) is 31.1 Å². The molecule has 1 aromatic rings. The number of hydrogen-bond acceptors (Lipinski definition) is 4. The first kappa shape index (κ1) is 16.4. The maximum atomic E-state index is 13.2. The molecule has 2 amide bonds. The van der Waals surface area contributed by atoms with Crippen LogP contribution in [-0.4, -0.2) is 54.6 Å². The number of halogens is 1. The minimum atomic E-state index is -0.928. The fraction of sp³-hybridized carbons (Fsp3) is 0.471. The van der Waals surface area contributed by atoms with Crippen LogP contribution in [0.1, 0.15) is 28.8 Å². The van der Waals surface area contributed by atoms with E-state index in [0.29, 0.717) is 37.1 Å². The molecule has 2 aliphatic rings. The van der Waals surface area contributed by atoms with Gasteiger partial charge in [-0.25, -0.2) is 4.39 Å². The molecule has 1 aromatic carbocycles. The molecule has 0 spiro atoms. The molecule has 2 saturated heterocycles. The van der Waals surface area contributed by atoms with Crippen molar-refractivity contribution in [1.82, 2.24) is 15.5 Å². The van der Waals surface area contributed by atoms with Crippen molar-refractivity contribution in [1.29, 1.82) is 5.26 Å². The van der Waals surface area contributed by atoms with Gasteiger partial charge >= 0.3 is 0 Å². The third-order valence-electron chi connectivity index (χ3n) is 4.48. The number of benzene rings is 1. The molecule has 7 heteroatoms. The van der Waals surface area contributed by atoms with Gasteiger partial charge in [0.15, 0.2) is 0 Å². The minimum absolute atomic E-state index is 0.0923. The number of rotatable bonds is 3. The summed E-state index contributed by atoms with van der Waals surface area (Å²) in [6.45, 7) is 1.13. The van der Waals surface area contributed by atoms with E-state index in [4.69, 9.17) is 5.26 Å². The number of amides is 2.